The molecule has 0 unspecified atom stereocenters. The molecule has 0 radical (unpaired) electrons. The van der Waals surface area contributed by atoms with Crippen LogP contribution in [-0.4, -0.2) is 53.2 Å². The van der Waals surface area contributed by atoms with Gasteiger partial charge in [-0.05, 0) is 31.9 Å². The lowest BCUT2D eigenvalue weighted by Crippen LogP contribution is -2.42. The minimum Gasteiger partial charge on any atom is -0.444 e. The Hall–Kier alpha value is -2.42. The normalized spacial score (nSPS) is 17.5. The molecule has 1 aromatic carbocycles. The van der Waals surface area contributed by atoms with Gasteiger partial charge in [0.25, 0.3) is 0 Å². The van der Waals surface area contributed by atoms with Crippen LogP contribution in [0.15, 0.2) is 30.5 Å². The van der Waals surface area contributed by atoms with Gasteiger partial charge in [-0.1, -0.05) is 24.3 Å². The molecule has 168 valence electrons. The molecule has 31 heavy (non-hydrogen) atoms. The van der Waals surface area contributed by atoms with Crippen molar-refractivity contribution >= 4 is 30.3 Å². The smallest absolute Gasteiger partial charge is 0.416 e. The SMILES string of the molecule is CC(C)N1C(=O)OCc2cnc(N[C@@H](C)c3ccc(CN4CCNCC4)cc3)nc21.Cl. The molecule has 0 spiro atoms. The molecule has 1 aromatic heterocycles. The highest BCUT2D eigenvalue weighted by atomic mass is 35.5. The van der Waals surface area contributed by atoms with E-state index in [2.05, 4.69) is 56.7 Å². The van der Waals surface area contributed by atoms with Gasteiger partial charge in [0.2, 0.25) is 5.95 Å². The number of halogens is 1. The largest absolute Gasteiger partial charge is 0.444 e. The number of anilines is 2. The molecule has 4 rings (SSSR count). The van der Waals surface area contributed by atoms with E-state index in [-0.39, 0.29) is 37.2 Å². The maximum Gasteiger partial charge on any atom is 0.416 e. The topological polar surface area (TPSA) is 82.6 Å². The van der Waals surface area contributed by atoms with Crippen molar-refractivity contribution in [1.82, 2.24) is 20.2 Å². The number of piperazine rings is 1. The second-order valence-corrected chi connectivity index (χ2v) is 8.19. The van der Waals surface area contributed by atoms with Gasteiger partial charge in [-0.15, -0.1) is 12.4 Å². The zero-order chi connectivity index (χ0) is 21.1. The van der Waals surface area contributed by atoms with Gasteiger partial charge in [0.1, 0.15) is 12.4 Å². The molecule has 3 heterocycles. The Morgan fingerprint density at radius 1 is 1.16 bits per heavy atom. The molecule has 2 aliphatic heterocycles. The molecule has 1 atom stereocenters. The van der Waals surface area contributed by atoms with Crippen molar-refractivity contribution in [3.05, 3.63) is 47.2 Å². The third kappa shape index (κ3) is 5.44. The third-order valence-corrected chi connectivity index (χ3v) is 5.58. The number of aromatic nitrogens is 2. The van der Waals surface area contributed by atoms with Crippen molar-refractivity contribution in [3.63, 3.8) is 0 Å². The Kier molecular flexibility index (Phi) is 7.69. The summed E-state index contributed by atoms with van der Waals surface area (Å²) < 4.78 is 5.21. The predicted octanol–water partition coefficient (Wildman–Crippen LogP) is 3.34. The fourth-order valence-corrected chi connectivity index (χ4v) is 3.84. The Morgan fingerprint density at radius 3 is 2.55 bits per heavy atom. The monoisotopic (exact) mass is 446 g/mol. The van der Waals surface area contributed by atoms with Gasteiger partial charge < -0.3 is 15.4 Å². The number of hydrogen-bond donors (Lipinski definition) is 2. The van der Waals surface area contributed by atoms with Crippen molar-refractivity contribution in [2.75, 3.05) is 36.4 Å². The van der Waals surface area contributed by atoms with Crippen molar-refractivity contribution in [1.29, 1.82) is 0 Å². The van der Waals surface area contributed by atoms with Gasteiger partial charge in [-0.3, -0.25) is 9.80 Å². The van der Waals surface area contributed by atoms with Gasteiger partial charge in [0.05, 0.1) is 11.6 Å². The quantitative estimate of drug-likeness (QED) is 0.704. The third-order valence-electron chi connectivity index (χ3n) is 5.58. The molecule has 0 saturated carbocycles. The van der Waals surface area contributed by atoms with Crippen LogP contribution in [0.5, 0.6) is 0 Å². The van der Waals surface area contributed by atoms with E-state index in [0.29, 0.717) is 11.8 Å². The van der Waals surface area contributed by atoms with Crippen LogP contribution in [0, 0.1) is 0 Å². The summed E-state index contributed by atoms with van der Waals surface area (Å²) in [7, 11) is 0. The number of carbonyl (C=O) groups is 1. The van der Waals surface area contributed by atoms with Crippen LogP contribution < -0.4 is 15.5 Å². The first kappa shape index (κ1) is 23.2. The number of cyclic esters (lactones) is 1. The molecule has 2 aromatic rings. The maximum atomic E-state index is 12.1. The molecular weight excluding hydrogens is 416 g/mol. The van der Waals surface area contributed by atoms with Crippen LogP contribution in [0.2, 0.25) is 0 Å². The minimum atomic E-state index is -0.365. The summed E-state index contributed by atoms with van der Waals surface area (Å²) >= 11 is 0. The lowest BCUT2D eigenvalue weighted by molar-refractivity contribution is 0.139. The molecule has 0 aliphatic carbocycles. The second-order valence-electron chi connectivity index (χ2n) is 8.19. The summed E-state index contributed by atoms with van der Waals surface area (Å²) in [6.45, 7) is 11.5. The number of hydrogen-bond acceptors (Lipinski definition) is 7. The fraction of sp³-hybridized carbons (Fsp3) is 0.500. The van der Waals surface area contributed by atoms with Crippen LogP contribution >= 0.6 is 12.4 Å². The van der Waals surface area contributed by atoms with E-state index in [1.54, 1.807) is 11.1 Å². The number of amides is 1. The number of benzene rings is 1. The minimum absolute atomic E-state index is 0. The van der Waals surface area contributed by atoms with Crippen molar-refractivity contribution in [2.24, 2.45) is 0 Å². The first-order chi connectivity index (χ1) is 14.5. The Labute approximate surface area is 189 Å². The van der Waals surface area contributed by atoms with E-state index in [9.17, 15) is 4.79 Å². The van der Waals surface area contributed by atoms with E-state index < -0.39 is 0 Å². The summed E-state index contributed by atoms with van der Waals surface area (Å²) in [4.78, 5) is 25.2. The number of fused-ring (bicyclic) bond motifs is 1. The van der Waals surface area contributed by atoms with Crippen LogP contribution in [0.1, 0.15) is 43.5 Å². The summed E-state index contributed by atoms with van der Waals surface area (Å²) in [5, 5.41) is 6.75. The van der Waals surface area contributed by atoms with Gasteiger partial charge in [0, 0.05) is 45.0 Å². The molecule has 1 saturated heterocycles. The van der Waals surface area contributed by atoms with Crippen molar-refractivity contribution < 1.29 is 9.53 Å². The highest BCUT2D eigenvalue weighted by Gasteiger charge is 2.30. The summed E-state index contributed by atoms with van der Waals surface area (Å²) in [6.07, 6.45) is 1.37. The van der Waals surface area contributed by atoms with Gasteiger partial charge in [0.15, 0.2) is 0 Å². The molecule has 9 heteroatoms. The standard InChI is InChI=1S/C22H30N6O2.ClH/c1-15(2)28-20-19(14-30-22(28)29)12-24-21(26-20)25-16(3)18-6-4-17(5-7-18)13-27-10-8-23-9-11-27;/h4-7,12,15-16,23H,8-11,13-14H2,1-3H3,(H,24,25,26);1H/t16-;/m0./s1. The number of rotatable bonds is 6. The van der Waals surface area contributed by atoms with Gasteiger partial charge in [-0.25, -0.2) is 9.78 Å². The number of nitrogens with zero attached hydrogens (tertiary/aromatic N) is 4. The molecule has 8 nitrogen and oxygen atoms in total. The second kappa shape index (κ2) is 10.3. The van der Waals surface area contributed by atoms with Crippen LogP contribution in [-0.2, 0) is 17.9 Å². The molecule has 2 N–H and O–H groups in total. The summed E-state index contributed by atoms with van der Waals surface area (Å²) in [5.74, 6) is 1.13. The van der Waals surface area contributed by atoms with Crippen molar-refractivity contribution in [2.45, 2.75) is 46.0 Å². The Morgan fingerprint density at radius 2 is 1.87 bits per heavy atom. The highest BCUT2D eigenvalue weighted by Crippen LogP contribution is 2.28. The van der Waals surface area contributed by atoms with E-state index in [1.165, 1.54) is 11.1 Å². The molecule has 1 amide bonds. The molecular formula is C22H31ClN6O2. The lowest BCUT2D eigenvalue weighted by atomic mass is 10.1. The first-order valence-corrected chi connectivity index (χ1v) is 10.6. The predicted molar refractivity (Wildman–Crippen MR) is 124 cm³/mol. The average Bonchev–Trinajstić information content (AvgIpc) is 2.74. The van der Waals surface area contributed by atoms with E-state index >= 15 is 0 Å². The average molecular weight is 447 g/mol. The molecule has 2 aliphatic rings. The Balaban J connectivity index is 0.00000272. The van der Waals surface area contributed by atoms with Crippen molar-refractivity contribution in [3.8, 4) is 0 Å². The van der Waals surface area contributed by atoms with Gasteiger partial charge in [-0.2, -0.15) is 4.98 Å². The number of ether oxygens (including phenoxy) is 1. The molecule has 0 bridgehead atoms. The summed E-state index contributed by atoms with van der Waals surface area (Å²) in [6, 6.07) is 8.70. The number of carbonyl (C=O) groups excluding carboxylic acids is 1. The zero-order valence-corrected chi connectivity index (χ0v) is 19.1. The van der Waals surface area contributed by atoms with E-state index in [1.807, 2.05) is 13.8 Å². The van der Waals surface area contributed by atoms with Gasteiger partial charge >= 0.3 is 6.09 Å². The zero-order valence-electron chi connectivity index (χ0n) is 18.3. The Bertz CT molecular complexity index is 886. The van der Waals surface area contributed by atoms with Crippen LogP contribution in [0.3, 0.4) is 0 Å². The lowest BCUT2D eigenvalue weighted by Gasteiger charge is -2.30. The molecule has 1 fully saturated rings. The van der Waals surface area contributed by atoms with Crippen LogP contribution in [0.25, 0.3) is 0 Å². The fourth-order valence-electron chi connectivity index (χ4n) is 3.84. The van der Waals surface area contributed by atoms with E-state index in [0.717, 1.165) is 38.3 Å². The number of nitrogens with one attached hydrogen (secondary N) is 2. The van der Waals surface area contributed by atoms with E-state index in [4.69, 9.17) is 4.74 Å². The first-order valence-electron chi connectivity index (χ1n) is 10.6. The van der Waals surface area contributed by atoms with Crippen LogP contribution in [0.4, 0.5) is 16.6 Å². The summed E-state index contributed by atoms with van der Waals surface area (Å²) in [5.41, 5.74) is 3.31. The highest BCUT2D eigenvalue weighted by molar-refractivity contribution is 5.89. The maximum absolute atomic E-state index is 12.1.